The molecule has 0 saturated carbocycles. The van der Waals surface area contributed by atoms with Gasteiger partial charge in [0.15, 0.2) is 0 Å². The highest BCUT2D eigenvalue weighted by atomic mass is 16.3. The third kappa shape index (κ3) is 4.98. The van der Waals surface area contributed by atoms with Crippen molar-refractivity contribution >= 4 is 60.8 Å². The molecule has 0 bridgehead atoms. The lowest BCUT2D eigenvalue weighted by atomic mass is 10.0. The van der Waals surface area contributed by atoms with E-state index in [0.717, 1.165) is 88.7 Å². The van der Waals surface area contributed by atoms with E-state index in [9.17, 15) is 1.37 Å². The fourth-order valence-electron chi connectivity index (χ4n) is 7.39. The molecule has 0 aliphatic heterocycles. The first-order valence-corrected chi connectivity index (χ1v) is 17.2. The molecule has 10 aromatic rings. The standard InChI is InChI=1S/C48H32N2O/c1-3-11-33(12-4-1)35-19-23-37(24-20-35)49(38-25-21-36(22-26-38)34-13-5-2-6-14-34)40-27-29-42-41-15-7-9-17-45(41)50(46(42)32-40)39-28-30-48-44(31-39)43-16-8-10-18-47(43)51-48/h1-32H/i7D,27D. The maximum atomic E-state index is 9.55. The van der Waals surface area contributed by atoms with Crippen LogP contribution in [0.5, 0.6) is 0 Å². The third-order valence-electron chi connectivity index (χ3n) is 9.85. The number of furan rings is 1. The van der Waals surface area contributed by atoms with E-state index < -0.39 is 0 Å². The van der Waals surface area contributed by atoms with Gasteiger partial charge in [0.05, 0.1) is 13.8 Å². The predicted molar refractivity (Wildman–Crippen MR) is 214 cm³/mol. The van der Waals surface area contributed by atoms with Gasteiger partial charge in [0, 0.05) is 44.3 Å². The van der Waals surface area contributed by atoms with Gasteiger partial charge in [-0.15, -0.1) is 0 Å². The van der Waals surface area contributed by atoms with Gasteiger partial charge in [-0.3, -0.25) is 0 Å². The Hall–Kier alpha value is -6.84. The van der Waals surface area contributed by atoms with E-state index in [1.165, 1.54) is 0 Å². The van der Waals surface area contributed by atoms with Crippen LogP contribution in [0.1, 0.15) is 2.74 Å². The van der Waals surface area contributed by atoms with Crippen molar-refractivity contribution in [2.45, 2.75) is 0 Å². The molecule has 51 heavy (non-hydrogen) atoms. The molecule has 0 radical (unpaired) electrons. The van der Waals surface area contributed by atoms with Crippen molar-refractivity contribution < 1.29 is 7.16 Å². The maximum absolute atomic E-state index is 9.55. The SMILES string of the molecule is [2H]c1ccc2c(c1)c1cc([2H])c(N(c3ccc(-c4ccccc4)cc3)c3ccc(-c4ccccc4)cc3)cc1n2-c1ccc2oc3ccccc3c2c1. The molecule has 2 heterocycles. The van der Waals surface area contributed by atoms with Crippen LogP contribution in [0.15, 0.2) is 198 Å². The highest BCUT2D eigenvalue weighted by Gasteiger charge is 2.19. The van der Waals surface area contributed by atoms with Crippen LogP contribution >= 0.6 is 0 Å². The van der Waals surface area contributed by atoms with Crippen molar-refractivity contribution in [3.63, 3.8) is 0 Å². The minimum atomic E-state index is 0.391. The van der Waals surface area contributed by atoms with Crippen molar-refractivity contribution in [1.82, 2.24) is 4.57 Å². The predicted octanol–water partition coefficient (Wildman–Crippen LogP) is 13.5. The molecule has 8 aromatic carbocycles. The Morgan fingerprint density at radius 3 is 1.69 bits per heavy atom. The summed E-state index contributed by atoms with van der Waals surface area (Å²) in [5, 5.41) is 3.98. The van der Waals surface area contributed by atoms with Gasteiger partial charge in [-0.25, -0.2) is 0 Å². The summed E-state index contributed by atoms with van der Waals surface area (Å²) in [6, 6.07) is 63.0. The summed E-state index contributed by atoms with van der Waals surface area (Å²) >= 11 is 0. The van der Waals surface area contributed by atoms with Crippen LogP contribution < -0.4 is 4.90 Å². The summed E-state index contributed by atoms with van der Waals surface area (Å²) in [5.41, 5.74) is 11.8. The zero-order valence-electron chi connectivity index (χ0n) is 29.6. The van der Waals surface area contributed by atoms with E-state index in [0.29, 0.717) is 12.1 Å². The first-order chi connectivity index (χ1) is 26.1. The van der Waals surface area contributed by atoms with E-state index in [4.69, 9.17) is 5.79 Å². The van der Waals surface area contributed by atoms with Gasteiger partial charge in [-0.05, 0) is 89.0 Å². The Labute approximate surface area is 298 Å². The summed E-state index contributed by atoms with van der Waals surface area (Å²) in [7, 11) is 0. The number of aromatic nitrogens is 1. The van der Waals surface area contributed by atoms with Crippen LogP contribution in [0.25, 0.3) is 71.7 Å². The molecule has 3 nitrogen and oxygen atoms in total. The van der Waals surface area contributed by atoms with Gasteiger partial charge in [0.25, 0.3) is 0 Å². The smallest absolute Gasteiger partial charge is 0.135 e. The molecule has 0 aliphatic rings. The Bertz CT molecular complexity index is 2870. The number of fused-ring (bicyclic) bond motifs is 6. The van der Waals surface area contributed by atoms with Gasteiger partial charge in [-0.2, -0.15) is 0 Å². The van der Waals surface area contributed by atoms with Crippen LogP contribution in [-0.2, 0) is 0 Å². The van der Waals surface area contributed by atoms with Crippen LogP contribution in [0, 0.1) is 0 Å². The molecule has 10 rings (SSSR count). The average molecular weight is 655 g/mol. The second-order valence-corrected chi connectivity index (χ2v) is 12.8. The lowest BCUT2D eigenvalue weighted by molar-refractivity contribution is 0.669. The van der Waals surface area contributed by atoms with E-state index in [-0.39, 0.29) is 0 Å². The maximum Gasteiger partial charge on any atom is 0.135 e. The Balaban J connectivity index is 1.19. The zero-order valence-corrected chi connectivity index (χ0v) is 27.6. The molecule has 0 spiro atoms. The molecule has 2 aromatic heterocycles. The van der Waals surface area contributed by atoms with Gasteiger partial charge in [0.1, 0.15) is 11.2 Å². The van der Waals surface area contributed by atoms with Crippen molar-refractivity contribution in [2.75, 3.05) is 4.90 Å². The van der Waals surface area contributed by atoms with Gasteiger partial charge in [-0.1, -0.05) is 127 Å². The van der Waals surface area contributed by atoms with Crippen molar-refractivity contribution in [3.05, 3.63) is 194 Å². The lowest BCUT2D eigenvalue weighted by Crippen LogP contribution is -2.10. The van der Waals surface area contributed by atoms with E-state index >= 15 is 0 Å². The fraction of sp³-hybridized carbons (Fsp3) is 0. The molecular weight excluding hydrogens is 621 g/mol. The highest BCUT2D eigenvalue weighted by molar-refractivity contribution is 6.11. The van der Waals surface area contributed by atoms with Crippen LogP contribution in [0.2, 0.25) is 0 Å². The Morgan fingerprint density at radius 1 is 0.412 bits per heavy atom. The quantitative estimate of drug-likeness (QED) is 0.178. The average Bonchev–Trinajstić information content (AvgIpc) is 3.73. The summed E-state index contributed by atoms with van der Waals surface area (Å²) in [4.78, 5) is 2.18. The number of para-hydroxylation sites is 2. The second kappa shape index (κ2) is 11.9. The molecule has 240 valence electrons. The second-order valence-electron chi connectivity index (χ2n) is 12.8. The largest absolute Gasteiger partial charge is 0.456 e. The van der Waals surface area contributed by atoms with E-state index in [1.54, 1.807) is 0 Å². The minimum absolute atomic E-state index is 0.391. The molecule has 0 N–H and O–H groups in total. The lowest BCUT2D eigenvalue weighted by Gasteiger charge is -2.26. The van der Waals surface area contributed by atoms with Crippen molar-refractivity contribution in [2.24, 2.45) is 0 Å². The summed E-state index contributed by atoms with van der Waals surface area (Å²) < 4.78 is 26.5. The topological polar surface area (TPSA) is 21.3 Å². The molecule has 0 aliphatic carbocycles. The van der Waals surface area contributed by atoms with Crippen molar-refractivity contribution in [1.29, 1.82) is 0 Å². The Kier molecular flexibility index (Phi) is 6.33. The van der Waals surface area contributed by atoms with Gasteiger partial charge >= 0.3 is 0 Å². The highest BCUT2D eigenvalue weighted by Crippen LogP contribution is 2.41. The van der Waals surface area contributed by atoms with E-state index in [1.807, 2.05) is 60.7 Å². The summed E-state index contributed by atoms with van der Waals surface area (Å²) in [6.45, 7) is 0. The normalized spacial score (nSPS) is 12.1. The summed E-state index contributed by atoms with van der Waals surface area (Å²) in [6.07, 6.45) is 0. The van der Waals surface area contributed by atoms with Crippen molar-refractivity contribution in [3.8, 4) is 27.9 Å². The number of hydrogen-bond acceptors (Lipinski definition) is 2. The number of anilines is 3. The van der Waals surface area contributed by atoms with E-state index in [2.05, 4.69) is 131 Å². The molecule has 0 unspecified atom stereocenters. The zero-order chi connectivity index (χ0) is 35.5. The van der Waals surface area contributed by atoms with Gasteiger partial charge < -0.3 is 13.9 Å². The van der Waals surface area contributed by atoms with Crippen LogP contribution in [0.4, 0.5) is 17.1 Å². The van der Waals surface area contributed by atoms with Crippen LogP contribution in [0.3, 0.4) is 0 Å². The molecule has 3 heteroatoms. The summed E-state index contributed by atoms with van der Waals surface area (Å²) in [5.74, 6) is 0. The number of benzene rings is 8. The fourth-order valence-corrected chi connectivity index (χ4v) is 7.39. The van der Waals surface area contributed by atoms with Gasteiger partial charge in [0.2, 0.25) is 0 Å². The Morgan fingerprint density at radius 2 is 1.00 bits per heavy atom. The number of nitrogens with zero attached hydrogens (tertiary/aromatic N) is 2. The minimum Gasteiger partial charge on any atom is -0.456 e. The molecular formula is C48H32N2O. The molecule has 0 atom stereocenters. The first kappa shape index (κ1) is 27.0. The van der Waals surface area contributed by atoms with Crippen LogP contribution in [-0.4, -0.2) is 4.57 Å². The number of hydrogen-bond donors (Lipinski definition) is 0. The molecule has 0 amide bonds. The molecule has 0 fully saturated rings. The first-order valence-electron chi connectivity index (χ1n) is 18.2. The molecule has 0 saturated heterocycles. The monoisotopic (exact) mass is 654 g/mol. The number of rotatable bonds is 6. The third-order valence-corrected chi connectivity index (χ3v) is 9.85.